The second kappa shape index (κ2) is 10.7. The lowest BCUT2D eigenvalue weighted by atomic mass is 9.77. The van der Waals surface area contributed by atoms with Crippen molar-refractivity contribution in [1.29, 1.82) is 0 Å². The van der Waals surface area contributed by atoms with E-state index in [2.05, 4.69) is 6.58 Å². The maximum atomic E-state index is 15.1. The number of carbonyl (C=O) groups is 1. The Morgan fingerprint density at radius 1 is 0.833 bits per heavy atom. The third kappa shape index (κ3) is 5.13. The largest absolute Gasteiger partial charge is 0.462 e. The number of allylic oxidation sites excluding steroid dienone is 1. The van der Waals surface area contributed by atoms with Gasteiger partial charge < -0.3 is 9.47 Å². The molecule has 0 aromatic heterocycles. The van der Waals surface area contributed by atoms with E-state index in [1.54, 1.807) is 12.1 Å². The lowest BCUT2D eigenvalue weighted by Gasteiger charge is -2.31. The Balaban J connectivity index is 1.16. The molecule has 0 spiro atoms. The summed E-state index contributed by atoms with van der Waals surface area (Å²) in [6.07, 6.45) is 7.38. The van der Waals surface area contributed by atoms with E-state index in [1.165, 1.54) is 0 Å². The minimum Gasteiger partial charge on any atom is -0.462 e. The van der Waals surface area contributed by atoms with Crippen LogP contribution in [-0.4, -0.2) is 24.8 Å². The molecule has 1 aliphatic heterocycles. The number of hydrogen-bond acceptors (Lipinski definition) is 3. The molecule has 1 saturated heterocycles. The van der Waals surface area contributed by atoms with Crippen molar-refractivity contribution in [3.8, 4) is 0 Å². The fourth-order valence-electron chi connectivity index (χ4n) is 6.42. The van der Waals surface area contributed by atoms with Gasteiger partial charge in [-0.15, -0.1) is 6.58 Å². The number of carbonyl (C=O) groups excluding carboxylic acids is 1. The number of hydrogen-bond donors (Lipinski definition) is 0. The van der Waals surface area contributed by atoms with Gasteiger partial charge in [-0.1, -0.05) is 18.2 Å². The van der Waals surface area contributed by atoms with Crippen molar-refractivity contribution >= 4 is 5.97 Å². The van der Waals surface area contributed by atoms with Gasteiger partial charge in [0.05, 0.1) is 12.7 Å². The lowest BCUT2D eigenvalue weighted by molar-refractivity contribution is -0.155. The molecule has 0 amide bonds. The molecule has 3 unspecified atom stereocenters. The van der Waals surface area contributed by atoms with Crippen molar-refractivity contribution < 1.29 is 31.8 Å². The number of ether oxygens (including phenoxy) is 2. The molecule has 4 aliphatic rings. The highest BCUT2D eigenvalue weighted by molar-refractivity contribution is 5.76. The first-order chi connectivity index (χ1) is 17.4. The Morgan fingerprint density at radius 2 is 1.39 bits per heavy atom. The third-order valence-electron chi connectivity index (χ3n) is 8.80. The van der Waals surface area contributed by atoms with Gasteiger partial charge in [0.25, 0.3) is 0 Å². The maximum Gasteiger partial charge on any atom is 0.316 e. The van der Waals surface area contributed by atoms with E-state index in [0.717, 1.165) is 25.7 Å². The van der Waals surface area contributed by atoms with E-state index < -0.39 is 47.2 Å². The van der Waals surface area contributed by atoms with Crippen molar-refractivity contribution in [2.75, 3.05) is 6.61 Å². The van der Waals surface area contributed by atoms with E-state index in [0.29, 0.717) is 55.8 Å². The maximum absolute atomic E-state index is 15.1. The Morgan fingerprint density at radius 3 is 1.92 bits per heavy atom. The smallest absolute Gasteiger partial charge is 0.316 e. The normalized spacial score (nSPS) is 34.8. The fourth-order valence-corrected chi connectivity index (χ4v) is 6.42. The van der Waals surface area contributed by atoms with Gasteiger partial charge in [-0.05, 0) is 93.1 Å². The highest BCUT2D eigenvalue weighted by Gasteiger charge is 2.44. The summed E-state index contributed by atoms with van der Waals surface area (Å²) in [5.41, 5.74) is 0.837. The Labute approximate surface area is 209 Å². The molecule has 3 atom stereocenters. The minimum atomic E-state index is -1.21. The summed E-state index contributed by atoms with van der Waals surface area (Å²) in [4.78, 5) is 12.6. The quantitative estimate of drug-likeness (QED) is 0.173. The highest BCUT2D eigenvalue weighted by Crippen LogP contribution is 2.44. The second-order valence-electron chi connectivity index (χ2n) is 10.9. The van der Waals surface area contributed by atoms with Crippen LogP contribution in [0.1, 0.15) is 87.2 Å². The summed E-state index contributed by atoms with van der Waals surface area (Å²) in [5, 5.41) is 0. The molecule has 3 fully saturated rings. The molecule has 0 N–H and O–H groups in total. The van der Waals surface area contributed by atoms with Gasteiger partial charge in [-0.2, -0.15) is 0 Å². The topological polar surface area (TPSA) is 38.8 Å². The standard InChI is InChI=1S/C29H34F4O3/c1-2-16-3-5-17(6-4-16)20-11-12-21(26(31)25(20)30)18-7-9-19(10-8-18)36-29(34)23-14-13-22(24-15-35-24)27(32)28(23)33/h2,11-12,16-19,22-24H,1,3-10,13-15H2. The number of esters is 1. The first kappa shape index (κ1) is 25.5. The molecular weight excluding hydrogens is 472 g/mol. The molecule has 7 heteroatoms. The number of epoxide rings is 1. The van der Waals surface area contributed by atoms with Crippen LogP contribution >= 0.6 is 0 Å². The molecule has 2 saturated carbocycles. The Kier molecular flexibility index (Phi) is 7.57. The fraction of sp³-hybridized carbons (Fsp3) is 0.621. The molecule has 1 heterocycles. The predicted octanol–water partition coefficient (Wildman–Crippen LogP) is 7.57. The third-order valence-corrected chi connectivity index (χ3v) is 8.80. The number of rotatable bonds is 6. The summed E-state index contributed by atoms with van der Waals surface area (Å²) in [5.74, 6) is -5.65. The van der Waals surface area contributed by atoms with Crippen LogP contribution in [0, 0.1) is 29.4 Å². The van der Waals surface area contributed by atoms with Crippen LogP contribution in [0.25, 0.3) is 0 Å². The summed E-state index contributed by atoms with van der Waals surface area (Å²) in [6, 6.07) is 3.46. The van der Waals surface area contributed by atoms with Crippen molar-refractivity contribution in [1.82, 2.24) is 0 Å². The molecule has 5 rings (SSSR count). The van der Waals surface area contributed by atoms with Gasteiger partial charge in [-0.3, -0.25) is 4.79 Å². The average molecular weight is 507 g/mol. The van der Waals surface area contributed by atoms with Gasteiger partial charge in [0.15, 0.2) is 11.6 Å². The molecule has 36 heavy (non-hydrogen) atoms. The summed E-state index contributed by atoms with van der Waals surface area (Å²) in [7, 11) is 0. The number of benzene rings is 1. The van der Waals surface area contributed by atoms with Gasteiger partial charge in [0, 0.05) is 5.92 Å². The zero-order chi connectivity index (χ0) is 25.4. The Hall–Kier alpha value is -2.15. The van der Waals surface area contributed by atoms with Crippen molar-refractivity contribution in [2.45, 2.75) is 88.3 Å². The van der Waals surface area contributed by atoms with Gasteiger partial charge in [-0.25, -0.2) is 17.6 Å². The van der Waals surface area contributed by atoms with Crippen molar-refractivity contribution in [3.05, 3.63) is 59.2 Å². The summed E-state index contributed by atoms with van der Waals surface area (Å²) >= 11 is 0. The van der Waals surface area contributed by atoms with Gasteiger partial charge >= 0.3 is 5.97 Å². The second-order valence-corrected chi connectivity index (χ2v) is 10.9. The van der Waals surface area contributed by atoms with Gasteiger partial charge in [0.1, 0.15) is 23.7 Å². The first-order valence-electron chi connectivity index (χ1n) is 13.3. The zero-order valence-corrected chi connectivity index (χ0v) is 20.5. The number of halogens is 4. The van der Waals surface area contributed by atoms with Crippen LogP contribution in [0.2, 0.25) is 0 Å². The highest BCUT2D eigenvalue weighted by atomic mass is 19.2. The molecule has 3 nitrogen and oxygen atoms in total. The molecule has 0 bridgehead atoms. The van der Waals surface area contributed by atoms with E-state index in [9.17, 15) is 13.6 Å². The van der Waals surface area contributed by atoms with E-state index >= 15 is 8.78 Å². The molecular formula is C29H34F4O3. The molecule has 196 valence electrons. The summed E-state index contributed by atoms with van der Waals surface area (Å²) in [6.45, 7) is 4.26. The van der Waals surface area contributed by atoms with E-state index in [-0.39, 0.29) is 24.4 Å². The summed E-state index contributed by atoms with van der Waals surface area (Å²) < 4.78 is 69.6. The minimum absolute atomic E-state index is 0.0334. The van der Waals surface area contributed by atoms with Crippen molar-refractivity contribution in [3.63, 3.8) is 0 Å². The van der Waals surface area contributed by atoms with Crippen LogP contribution in [-0.2, 0) is 14.3 Å². The monoisotopic (exact) mass is 506 g/mol. The van der Waals surface area contributed by atoms with Gasteiger partial charge in [0.2, 0.25) is 0 Å². The van der Waals surface area contributed by atoms with Crippen LogP contribution in [0.3, 0.4) is 0 Å². The first-order valence-corrected chi connectivity index (χ1v) is 13.3. The SMILES string of the molecule is C=CC1CCC(c2ccc(C3CCC(OC(=O)C4CCC(C5CO5)C(F)=C4F)CC3)c(F)c2F)CC1. The zero-order valence-electron chi connectivity index (χ0n) is 20.5. The van der Waals surface area contributed by atoms with E-state index in [4.69, 9.17) is 9.47 Å². The average Bonchev–Trinajstić information content (AvgIpc) is 3.73. The Bertz CT molecular complexity index is 1020. The van der Waals surface area contributed by atoms with Crippen LogP contribution in [0.15, 0.2) is 36.4 Å². The molecule has 3 aliphatic carbocycles. The predicted molar refractivity (Wildman–Crippen MR) is 128 cm³/mol. The van der Waals surface area contributed by atoms with E-state index in [1.807, 2.05) is 6.08 Å². The van der Waals surface area contributed by atoms with Crippen LogP contribution < -0.4 is 0 Å². The molecule has 1 aromatic carbocycles. The van der Waals surface area contributed by atoms with Crippen LogP contribution in [0.5, 0.6) is 0 Å². The molecule has 1 aromatic rings. The lowest BCUT2D eigenvalue weighted by Crippen LogP contribution is -2.31. The molecule has 0 radical (unpaired) electrons. The van der Waals surface area contributed by atoms with Crippen LogP contribution in [0.4, 0.5) is 17.6 Å². The van der Waals surface area contributed by atoms with Crippen molar-refractivity contribution in [2.24, 2.45) is 17.8 Å².